The quantitative estimate of drug-likeness (QED) is 0.795. The summed E-state index contributed by atoms with van der Waals surface area (Å²) in [6, 6.07) is 11.4. The van der Waals surface area contributed by atoms with E-state index < -0.39 is 21.5 Å². The van der Waals surface area contributed by atoms with Crippen LogP contribution in [0.1, 0.15) is 12.0 Å². The predicted octanol–water partition coefficient (Wildman–Crippen LogP) is 0.674. The SMILES string of the molecule is N#CCCS(=O)(=O)CC(=O)NCCc1ccccc1. The van der Waals surface area contributed by atoms with Crippen LogP contribution in [0.2, 0.25) is 0 Å². The van der Waals surface area contributed by atoms with Gasteiger partial charge in [0.15, 0.2) is 9.84 Å². The van der Waals surface area contributed by atoms with Crippen LogP contribution in [0.15, 0.2) is 30.3 Å². The third-order valence-electron chi connectivity index (χ3n) is 2.45. The fourth-order valence-electron chi connectivity index (χ4n) is 1.52. The van der Waals surface area contributed by atoms with Crippen LogP contribution in [-0.2, 0) is 21.1 Å². The van der Waals surface area contributed by atoms with Crippen molar-refractivity contribution in [3.05, 3.63) is 35.9 Å². The lowest BCUT2D eigenvalue weighted by molar-refractivity contribution is -0.118. The van der Waals surface area contributed by atoms with Crippen LogP contribution in [0.3, 0.4) is 0 Å². The highest BCUT2D eigenvalue weighted by molar-refractivity contribution is 7.92. The van der Waals surface area contributed by atoms with Gasteiger partial charge in [-0.1, -0.05) is 30.3 Å². The maximum absolute atomic E-state index is 11.4. The number of nitrogens with zero attached hydrogens (tertiary/aromatic N) is 1. The standard InChI is InChI=1S/C13H16N2O3S/c14-8-4-10-19(17,18)11-13(16)15-9-7-12-5-2-1-3-6-12/h1-3,5-6H,4,7,9-11H2,(H,15,16). The van der Waals surface area contributed by atoms with Gasteiger partial charge in [0.05, 0.1) is 11.8 Å². The summed E-state index contributed by atoms with van der Waals surface area (Å²) >= 11 is 0. The van der Waals surface area contributed by atoms with Crippen molar-refractivity contribution in [3.63, 3.8) is 0 Å². The molecule has 102 valence electrons. The molecule has 1 N–H and O–H groups in total. The number of hydrogen-bond donors (Lipinski definition) is 1. The summed E-state index contributed by atoms with van der Waals surface area (Å²) in [5.41, 5.74) is 1.08. The lowest BCUT2D eigenvalue weighted by Gasteiger charge is -2.05. The molecule has 1 rings (SSSR count). The fraction of sp³-hybridized carbons (Fsp3) is 0.385. The first-order chi connectivity index (χ1) is 9.03. The number of carbonyl (C=O) groups is 1. The molecule has 5 nitrogen and oxygen atoms in total. The zero-order chi connectivity index (χ0) is 14.1. The molecule has 0 spiro atoms. The van der Waals surface area contributed by atoms with Gasteiger partial charge in [-0.15, -0.1) is 0 Å². The van der Waals surface area contributed by atoms with Crippen molar-refractivity contribution in [2.75, 3.05) is 18.1 Å². The minimum atomic E-state index is -3.47. The van der Waals surface area contributed by atoms with Gasteiger partial charge in [-0.2, -0.15) is 5.26 Å². The Kier molecular flexibility index (Phi) is 6.03. The summed E-state index contributed by atoms with van der Waals surface area (Å²) in [5, 5.41) is 10.9. The highest BCUT2D eigenvalue weighted by Crippen LogP contribution is 1.98. The first-order valence-corrected chi connectivity index (χ1v) is 7.73. The highest BCUT2D eigenvalue weighted by Gasteiger charge is 2.15. The summed E-state index contributed by atoms with van der Waals surface area (Å²) < 4.78 is 22.8. The Labute approximate surface area is 113 Å². The maximum Gasteiger partial charge on any atom is 0.235 e. The highest BCUT2D eigenvalue weighted by atomic mass is 32.2. The number of carbonyl (C=O) groups excluding carboxylic acids is 1. The molecule has 6 heteroatoms. The van der Waals surface area contributed by atoms with Gasteiger partial charge in [0.1, 0.15) is 5.75 Å². The third-order valence-corrected chi connectivity index (χ3v) is 3.98. The van der Waals surface area contributed by atoms with E-state index in [4.69, 9.17) is 5.26 Å². The second kappa shape index (κ2) is 7.54. The van der Waals surface area contributed by atoms with Gasteiger partial charge in [-0.25, -0.2) is 8.42 Å². The van der Waals surface area contributed by atoms with Crippen LogP contribution in [0.4, 0.5) is 0 Å². The van der Waals surface area contributed by atoms with Crippen LogP contribution in [0.5, 0.6) is 0 Å². The average Bonchev–Trinajstić information content (AvgIpc) is 2.37. The average molecular weight is 280 g/mol. The molecule has 19 heavy (non-hydrogen) atoms. The van der Waals surface area contributed by atoms with Crippen LogP contribution in [0, 0.1) is 11.3 Å². The Morgan fingerprint density at radius 2 is 1.95 bits per heavy atom. The number of nitrogens with one attached hydrogen (secondary N) is 1. The molecule has 0 unspecified atom stereocenters. The van der Waals surface area contributed by atoms with E-state index in [1.807, 2.05) is 30.3 Å². The van der Waals surface area contributed by atoms with Gasteiger partial charge in [0, 0.05) is 13.0 Å². The number of nitriles is 1. The van der Waals surface area contributed by atoms with Gasteiger partial charge < -0.3 is 5.32 Å². The Morgan fingerprint density at radius 3 is 2.58 bits per heavy atom. The number of rotatable bonds is 7. The van der Waals surface area contributed by atoms with E-state index >= 15 is 0 Å². The molecule has 0 aliphatic rings. The summed E-state index contributed by atoms with van der Waals surface area (Å²) in [4.78, 5) is 11.4. The molecule has 0 fully saturated rings. The summed E-state index contributed by atoms with van der Waals surface area (Å²) in [6.07, 6.45) is 0.574. The van der Waals surface area contributed by atoms with E-state index in [1.54, 1.807) is 6.07 Å². The smallest absolute Gasteiger partial charge is 0.235 e. The van der Waals surface area contributed by atoms with Gasteiger partial charge in [-0.3, -0.25) is 4.79 Å². The summed E-state index contributed by atoms with van der Waals surface area (Å²) in [7, 11) is -3.47. The van der Waals surface area contributed by atoms with E-state index in [1.165, 1.54) is 0 Å². The lowest BCUT2D eigenvalue weighted by Crippen LogP contribution is -2.32. The predicted molar refractivity (Wildman–Crippen MR) is 72.0 cm³/mol. The molecule has 0 aromatic heterocycles. The van der Waals surface area contributed by atoms with E-state index in [0.717, 1.165) is 5.56 Å². The first kappa shape index (κ1) is 15.2. The monoisotopic (exact) mass is 280 g/mol. The molecule has 1 aromatic carbocycles. The number of hydrogen-bond acceptors (Lipinski definition) is 4. The van der Waals surface area contributed by atoms with Crippen molar-refractivity contribution in [1.29, 1.82) is 5.26 Å². The second-order valence-electron chi connectivity index (χ2n) is 4.09. The van der Waals surface area contributed by atoms with Gasteiger partial charge in [-0.05, 0) is 12.0 Å². The normalized spacial score (nSPS) is 10.7. The number of benzene rings is 1. The second-order valence-corrected chi connectivity index (χ2v) is 6.27. The summed E-state index contributed by atoms with van der Waals surface area (Å²) in [5.74, 6) is -1.34. The zero-order valence-electron chi connectivity index (χ0n) is 10.5. The molecular weight excluding hydrogens is 264 g/mol. The molecule has 0 aliphatic heterocycles. The number of amides is 1. The molecule has 0 heterocycles. The Bertz CT molecular complexity index is 547. The summed E-state index contributed by atoms with van der Waals surface area (Å²) in [6.45, 7) is 0.399. The first-order valence-electron chi connectivity index (χ1n) is 5.91. The van der Waals surface area contributed by atoms with E-state index in [2.05, 4.69) is 5.32 Å². The van der Waals surface area contributed by atoms with E-state index in [9.17, 15) is 13.2 Å². The fourth-order valence-corrected chi connectivity index (χ4v) is 2.56. The van der Waals surface area contributed by atoms with E-state index in [0.29, 0.717) is 13.0 Å². The molecular formula is C13H16N2O3S. The minimum Gasteiger partial charge on any atom is -0.355 e. The third kappa shape index (κ3) is 6.58. The topological polar surface area (TPSA) is 87.0 Å². The molecule has 0 aliphatic carbocycles. The number of sulfone groups is 1. The van der Waals surface area contributed by atoms with Crippen LogP contribution >= 0.6 is 0 Å². The molecule has 0 saturated heterocycles. The zero-order valence-corrected chi connectivity index (χ0v) is 11.3. The van der Waals surface area contributed by atoms with Crippen molar-refractivity contribution in [1.82, 2.24) is 5.32 Å². The van der Waals surface area contributed by atoms with Gasteiger partial charge >= 0.3 is 0 Å². The Balaban J connectivity index is 2.31. The molecule has 0 bridgehead atoms. The Morgan fingerprint density at radius 1 is 1.26 bits per heavy atom. The van der Waals surface area contributed by atoms with Crippen LogP contribution in [0.25, 0.3) is 0 Å². The maximum atomic E-state index is 11.4. The van der Waals surface area contributed by atoms with Gasteiger partial charge in [0.25, 0.3) is 0 Å². The van der Waals surface area contributed by atoms with Crippen LogP contribution < -0.4 is 5.32 Å². The molecule has 1 aromatic rings. The van der Waals surface area contributed by atoms with Crippen molar-refractivity contribution in [3.8, 4) is 6.07 Å². The van der Waals surface area contributed by atoms with Gasteiger partial charge in [0.2, 0.25) is 5.91 Å². The van der Waals surface area contributed by atoms with E-state index in [-0.39, 0.29) is 12.2 Å². The molecule has 0 saturated carbocycles. The molecule has 0 radical (unpaired) electrons. The van der Waals surface area contributed by atoms with Crippen LogP contribution in [-0.4, -0.2) is 32.4 Å². The Hall–Kier alpha value is -1.87. The van der Waals surface area contributed by atoms with Crippen molar-refractivity contribution >= 4 is 15.7 Å². The largest absolute Gasteiger partial charge is 0.355 e. The molecule has 1 amide bonds. The lowest BCUT2D eigenvalue weighted by atomic mass is 10.1. The molecule has 0 atom stereocenters. The van der Waals surface area contributed by atoms with Crippen molar-refractivity contribution in [2.24, 2.45) is 0 Å². The van der Waals surface area contributed by atoms with Crippen molar-refractivity contribution in [2.45, 2.75) is 12.8 Å². The minimum absolute atomic E-state index is 0.0837. The van der Waals surface area contributed by atoms with Crippen molar-refractivity contribution < 1.29 is 13.2 Å².